The third-order valence-corrected chi connectivity index (χ3v) is 2.41. The molecule has 1 rings (SSSR count). The summed E-state index contributed by atoms with van der Waals surface area (Å²) in [5.74, 6) is 2.20. The molecule has 0 spiro atoms. The predicted molar refractivity (Wildman–Crippen MR) is 63.8 cm³/mol. The number of rotatable bonds is 4. The van der Waals surface area contributed by atoms with Crippen LogP contribution in [-0.4, -0.2) is 11.6 Å². The van der Waals surface area contributed by atoms with Gasteiger partial charge in [-0.2, -0.15) is 0 Å². The second kappa shape index (κ2) is 5.37. The molecular weight excluding hydrogens is 200 g/mol. The fourth-order valence-corrected chi connectivity index (χ4v) is 1.50. The first kappa shape index (κ1) is 12.3. The minimum atomic E-state index is -0.804. The number of hydrogen-bond donors (Lipinski definition) is 0. The van der Waals surface area contributed by atoms with E-state index in [1.165, 1.54) is 12.5 Å². The van der Waals surface area contributed by atoms with E-state index in [2.05, 4.69) is 5.92 Å². The highest BCUT2D eigenvalue weighted by molar-refractivity contribution is 5.67. The maximum atomic E-state index is 10.9. The molecule has 1 unspecified atom stereocenters. The Balaban J connectivity index is 2.59. The van der Waals surface area contributed by atoms with Crippen LogP contribution in [0.3, 0.4) is 0 Å². The summed E-state index contributed by atoms with van der Waals surface area (Å²) in [6.45, 7) is 3.13. The minimum Gasteiger partial charge on any atom is -0.446 e. The first-order valence-electron chi connectivity index (χ1n) is 5.27. The Morgan fingerprint density at radius 2 is 2.06 bits per heavy atom. The van der Waals surface area contributed by atoms with Gasteiger partial charge in [0.1, 0.15) is 0 Å². The van der Waals surface area contributed by atoms with E-state index in [0.717, 1.165) is 6.42 Å². The van der Waals surface area contributed by atoms with Crippen LogP contribution in [0, 0.1) is 12.3 Å². The van der Waals surface area contributed by atoms with Gasteiger partial charge in [0.05, 0.1) is 0 Å². The van der Waals surface area contributed by atoms with Gasteiger partial charge in [0.25, 0.3) is 0 Å². The molecule has 0 aromatic heterocycles. The monoisotopic (exact) mass is 216 g/mol. The number of terminal acetylenes is 1. The topological polar surface area (TPSA) is 26.3 Å². The van der Waals surface area contributed by atoms with Gasteiger partial charge in [-0.15, -0.1) is 6.42 Å². The quantitative estimate of drug-likeness (QED) is 0.571. The Labute approximate surface area is 96.6 Å². The van der Waals surface area contributed by atoms with Crippen molar-refractivity contribution < 1.29 is 9.53 Å². The van der Waals surface area contributed by atoms with Gasteiger partial charge in [0.15, 0.2) is 5.60 Å². The Morgan fingerprint density at radius 1 is 1.44 bits per heavy atom. The second-order valence-corrected chi connectivity index (χ2v) is 3.95. The van der Waals surface area contributed by atoms with Crippen molar-refractivity contribution in [2.24, 2.45) is 0 Å². The van der Waals surface area contributed by atoms with Gasteiger partial charge in [-0.25, -0.2) is 0 Å². The molecule has 0 aliphatic carbocycles. The molecule has 0 heterocycles. The van der Waals surface area contributed by atoms with E-state index in [0.29, 0.717) is 6.42 Å². The molecule has 0 N–H and O–H groups in total. The summed E-state index contributed by atoms with van der Waals surface area (Å²) >= 11 is 0. The van der Waals surface area contributed by atoms with Crippen molar-refractivity contribution in [3.05, 3.63) is 35.9 Å². The van der Waals surface area contributed by atoms with Crippen molar-refractivity contribution in [3.8, 4) is 12.3 Å². The van der Waals surface area contributed by atoms with Crippen molar-refractivity contribution in [1.29, 1.82) is 0 Å². The summed E-state index contributed by atoms with van der Waals surface area (Å²) in [7, 11) is 0. The van der Waals surface area contributed by atoms with Crippen LogP contribution < -0.4 is 0 Å². The molecule has 0 aliphatic rings. The number of carbonyl (C=O) groups is 1. The van der Waals surface area contributed by atoms with E-state index < -0.39 is 5.60 Å². The zero-order chi connectivity index (χ0) is 12.0. The van der Waals surface area contributed by atoms with Crippen LogP contribution in [0.2, 0.25) is 0 Å². The second-order valence-electron chi connectivity index (χ2n) is 3.95. The number of ether oxygens (including phenoxy) is 1. The molecule has 0 saturated carbocycles. The molecule has 2 nitrogen and oxygen atoms in total. The molecular formula is C14H16O2. The fraction of sp³-hybridized carbons (Fsp3) is 0.357. The van der Waals surface area contributed by atoms with Gasteiger partial charge < -0.3 is 4.74 Å². The van der Waals surface area contributed by atoms with Crippen LogP contribution >= 0.6 is 0 Å². The predicted octanol–water partition coefficient (Wildman–Crippen LogP) is 2.57. The molecule has 1 atom stereocenters. The fourth-order valence-electron chi connectivity index (χ4n) is 1.50. The lowest BCUT2D eigenvalue weighted by Gasteiger charge is -2.23. The Bertz CT molecular complexity index is 389. The first-order chi connectivity index (χ1) is 7.56. The van der Waals surface area contributed by atoms with E-state index >= 15 is 0 Å². The van der Waals surface area contributed by atoms with Gasteiger partial charge in [0.2, 0.25) is 0 Å². The largest absolute Gasteiger partial charge is 0.446 e. The lowest BCUT2D eigenvalue weighted by Crippen LogP contribution is -2.29. The highest BCUT2D eigenvalue weighted by atomic mass is 16.6. The third kappa shape index (κ3) is 3.78. The molecule has 84 valence electrons. The zero-order valence-corrected chi connectivity index (χ0v) is 9.69. The number of aryl methyl sites for hydroxylation is 1. The molecule has 0 aliphatic heterocycles. The van der Waals surface area contributed by atoms with E-state index in [1.807, 2.05) is 30.3 Å². The third-order valence-electron chi connectivity index (χ3n) is 2.41. The molecule has 0 radical (unpaired) electrons. The summed E-state index contributed by atoms with van der Waals surface area (Å²) in [5.41, 5.74) is 0.387. The van der Waals surface area contributed by atoms with Gasteiger partial charge in [-0.3, -0.25) is 4.79 Å². The molecule has 1 aromatic rings. The molecule has 16 heavy (non-hydrogen) atoms. The Morgan fingerprint density at radius 3 is 2.56 bits per heavy atom. The molecule has 1 aromatic carbocycles. The maximum absolute atomic E-state index is 10.9. The van der Waals surface area contributed by atoms with E-state index in [-0.39, 0.29) is 5.97 Å². The lowest BCUT2D eigenvalue weighted by atomic mass is 9.97. The SMILES string of the molecule is C#CC(C)(CCc1ccccc1)OC(C)=O. The Hall–Kier alpha value is -1.75. The summed E-state index contributed by atoms with van der Waals surface area (Å²) in [4.78, 5) is 10.9. The molecule has 0 bridgehead atoms. The van der Waals surface area contributed by atoms with Crippen LogP contribution in [0.15, 0.2) is 30.3 Å². The van der Waals surface area contributed by atoms with Crippen LogP contribution in [0.25, 0.3) is 0 Å². The summed E-state index contributed by atoms with van der Waals surface area (Å²) in [6.07, 6.45) is 6.82. The van der Waals surface area contributed by atoms with E-state index in [4.69, 9.17) is 11.2 Å². The van der Waals surface area contributed by atoms with Crippen molar-refractivity contribution in [3.63, 3.8) is 0 Å². The molecule has 0 fully saturated rings. The molecule has 0 saturated heterocycles. The van der Waals surface area contributed by atoms with Crippen molar-refractivity contribution in [1.82, 2.24) is 0 Å². The van der Waals surface area contributed by atoms with Gasteiger partial charge in [-0.05, 0) is 18.9 Å². The normalized spacial score (nSPS) is 13.6. The van der Waals surface area contributed by atoms with E-state index in [1.54, 1.807) is 6.92 Å². The van der Waals surface area contributed by atoms with Crippen molar-refractivity contribution in [2.45, 2.75) is 32.3 Å². The summed E-state index contributed by atoms with van der Waals surface area (Å²) in [6, 6.07) is 9.99. The molecule has 0 amide bonds. The first-order valence-corrected chi connectivity index (χ1v) is 5.27. The standard InChI is InChI=1S/C14H16O2/c1-4-14(3,16-12(2)15)11-10-13-8-6-5-7-9-13/h1,5-9H,10-11H2,2-3H3. The maximum Gasteiger partial charge on any atom is 0.304 e. The van der Waals surface area contributed by atoms with Crippen LogP contribution in [0.5, 0.6) is 0 Å². The highest BCUT2D eigenvalue weighted by Gasteiger charge is 2.24. The summed E-state index contributed by atoms with van der Waals surface area (Å²) < 4.78 is 5.13. The van der Waals surface area contributed by atoms with Crippen molar-refractivity contribution >= 4 is 5.97 Å². The van der Waals surface area contributed by atoms with Gasteiger partial charge in [-0.1, -0.05) is 36.3 Å². The average molecular weight is 216 g/mol. The smallest absolute Gasteiger partial charge is 0.304 e. The summed E-state index contributed by atoms with van der Waals surface area (Å²) in [5, 5.41) is 0. The molecule has 2 heteroatoms. The van der Waals surface area contributed by atoms with Crippen LogP contribution in [0.4, 0.5) is 0 Å². The average Bonchev–Trinajstić information content (AvgIpc) is 2.27. The van der Waals surface area contributed by atoms with Gasteiger partial charge >= 0.3 is 5.97 Å². The lowest BCUT2D eigenvalue weighted by molar-refractivity contribution is -0.150. The highest BCUT2D eigenvalue weighted by Crippen LogP contribution is 2.18. The van der Waals surface area contributed by atoms with Gasteiger partial charge in [0, 0.05) is 13.3 Å². The number of carbonyl (C=O) groups excluding carboxylic acids is 1. The van der Waals surface area contributed by atoms with E-state index in [9.17, 15) is 4.79 Å². The number of hydrogen-bond acceptors (Lipinski definition) is 2. The number of esters is 1. The Kier molecular flexibility index (Phi) is 4.13. The zero-order valence-electron chi connectivity index (χ0n) is 9.69. The van der Waals surface area contributed by atoms with Crippen LogP contribution in [0.1, 0.15) is 25.8 Å². The van der Waals surface area contributed by atoms with Crippen molar-refractivity contribution in [2.75, 3.05) is 0 Å². The van der Waals surface area contributed by atoms with Crippen LogP contribution in [-0.2, 0) is 16.0 Å². The minimum absolute atomic E-state index is 0.339. The number of benzene rings is 1.